The fourth-order valence-corrected chi connectivity index (χ4v) is 4.41. The van der Waals surface area contributed by atoms with Gasteiger partial charge in [-0.15, -0.1) is 0 Å². The second kappa shape index (κ2) is 9.27. The van der Waals surface area contributed by atoms with E-state index in [2.05, 4.69) is 30.0 Å². The highest BCUT2D eigenvalue weighted by molar-refractivity contribution is 5.91. The molecule has 0 amide bonds. The lowest BCUT2D eigenvalue weighted by Gasteiger charge is -2.14. The summed E-state index contributed by atoms with van der Waals surface area (Å²) in [6, 6.07) is 12.0. The summed E-state index contributed by atoms with van der Waals surface area (Å²) in [5.41, 5.74) is 5.38. The second-order valence-electron chi connectivity index (χ2n) is 8.62. The number of nitrogens with zero attached hydrogens (tertiary/aromatic N) is 5. The molecule has 5 aromatic rings. The molecule has 176 valence electrons. The van der Waals surface area contributed by atoms with Crippen molar-refractivity contribution in [3.05, 3.63) is 66.9 Å². The van der Waals surface area contributed by atoms with Gasteiger partial charge in [0.2, 0.25) is 0 Å². The molecule has 1 aliphatic rings. The summed E-state index contributed by atoms with van der Waals surface area (Å²) in [7, 11) is 0. The lowest BCUT2D eigenvalue weighted by molar-refractivity contribution is 0.237. The SMILES string of the molecule is Fc1ccc(-c2nccc3[nH]c(-c4cc(-c5cncc(OCCN6CCCC6)c5)[nH]n4)nc23)cc1. The zero-order valence-electron chi connectivity index (χ0n) is 19.0. The number of ether oxygens (including phenoxy) is 1. The molecule has 35 heavy (non-hydrogen) atoms. The number of hydrogen-bond acceptors (Lipinski definition) is 6. The van der Waals surface area contributed by atoms with Crippen molar-refractivity contribution in [2.75, 3.05) is 26.2 Å². The average molecular weight is 470 g/mol. The molecule has 6 rings (SSSR count). The van der Waals surface area contributed by atoms with Gasteiger partial charge in [0.1, 0.15) is 29.4 Å². The summed E-state index contributed by atoms with van der Waals surface area (Å²) in [4.78, 5) is 19.3. The number of aromatic amines is 2. The first-order valence-corrected chi connectivity index (χ1v) is 11.7. The smallest absolute Gasteiger partial charge is 0.159 e. The Balaban J connectivity index is 1.23. The van der Waals surface area contributed by atoms with Crippen molar-refractivity contribution in [1.29, 1.82) is 0 Å². The van der Waals surface area contributed by atoms with Crippen LogP contribution in [0.2, 0.25) is 0 Å². The van der Waals surface area contributed by atoms with E-state index in [9.17, 15) is 4.39 Å². The van der Waals surface area contributed by atoms with Crippen LogP contribution >= 0.6 is 0 Å². The van der Waals surface area contributed by atoms with Crippen LogP contribution in [-0.2, 0) is 0 Å². The van der Waals surface area contributed by atoms with E-state index in [1.165, 1.54) is 25.0 Å². The first kappa shape index (κ1) is 21.4. The molecule has 0 saturated carbocycles. The third-order valence-electron chi connectivity index (χ3n) is 6.24. The molecule has 1 aromatic carbocycles. The number of pyridine rings is 2. The van der Waals surface area contributed by atoms with Crippen molar-refractivity contribution < 1.29 is 9.13 Å². The van der Waals surface area contributed by atoms with Crippen molar-refractivity contribution in [2.45, 2.75) is 12.8 Å². The van der Waals surface area contributed by atoms with Gasteiger partial charge in [0.25, 0.3) is 0 Å². The molecular weight excluding hydrogens is 445 g/mol. The molecular formula is C26H24FN7O. The third-order valence-corrected chi connectivity index (χ3v) is 6.24. The Labute approximate surface area is 201 Å². The molecule has 0 bridgehead atoms. The summed E-state index contributed by atoms with van der Waals surface area (Å²) >= 11 is 0. The van der Waals surface area contributed by atoms with E-state index in [1.54, 1.807) is 30.7 Å². The Hall–Kier alpha value is -4.11. The van der Waals surface area contributed by atoms with Crippen LogP contribution in [0, 0.1) is 5.82 Å². The van der Waals surface area contributed by atoms with Crippen LogP contribution < -0.4 is 4.74 Å². The van der Waals surface area contributed by atoms with Crippen molar-refractivity contribution in [3.8, 4) is 39.8 Å². The number of aromatic nitrogens is 6. The topological polar surface area (TPSA) is 95.6 Å². The summed E-state index contributed by atoms with van der Waals surface area (Å²) < 4.78 is 19.3. The van der Waals surface area contributed by atoms with Crippen LogP contribution in [0.3, 0.4) is 0 Å². The number of likely N-dealkylation sites (tertiary alicyclic amines) is 1. The highest BCUT2D eigenvalue weighted by Gasteiger charge is 2.15. The van der Waals surface area contributed by atoms with E-state index in [-0.39, 0.29) is 5.82 Å². The van der Waals surface area contributed by atoms with E-state index < -0.39 is 0 Å². The first-order valence-electron chi connectivity index (χ1n) is 11.7. The molecule has 0 spiro atoms. The fraction of sp³-hybridized carbons (Fsp3) is 0.231. The lowest BCUT2D eigenvalue weighted by Crippen LogP contribution is -2.25. The van der Waals surface area contributed by atoms with Gasteiger partial charge < -0.3 is 9.72 Å². The molecule has 0 atom stereocenters. The predicted octanol–water partition coefficient (Wildman–Crippen LogP) is 4.69. The quantitative estimate of drug-likeness (QED) is 0.359. The molecule has 1 saturated heterocycles. The van der Waals surface area contributed by atoms with Gasteiger partial charge in [-0.2, -0.15) is 5.10 Å². The number of hydrogen-bond donors (Lipinski definition) is 2. The highest BCUT2D eigenvalue weighted by atomic mass is 19.1. The van der Waals surface area contributed by atoms with Crippen LogP contribution in [-0.4, -0.2) is 61.3 Å². The van der Waals surface area contributed by atoms with Crippen LogP contribution in [0.15, 0.2) is 61.1 Å². The molecule has 5 heterocycles. The fourth-order valence-electron chi connectivity index (χ4n) is 4.41. The zero-order valence-corrected chi connectivity index (χ0v) is 19.0. The monoisotopic (exact) mass is 469 g/mol. The van der Waals surface area contributed by atoms with Crippen molar-refractivity contribution in [3.63, 3.8) is 0 Å². The van der Waals surface area contributed by atoms with Gasteiger partial charge in [-0.05, 0) is 68.4 Å². The van der Waals surface area contributed by atoms with Crippen LogP contribution in [0.4, 0.5) is 4.39 Å². The van der Waals surface area contributed by atoms with Crippen LogP contribution in [0.25, 0.3) is 45.1 Å². The molecule has 1 fully saturated rings. The number of nitrogens with one attached hydrogen (secondary N) is 2. The highest BCUT2D eigenvalue weighted by Crippen LogP contribution is 2.29. The molecule has 2 N–H and O–H groups in total. The lowest BCUT2D eigenvalue weighted by atomic mass is 10.1. The van der Waals surface area contributed by atoms with Crippen LogP contribution in [0.1, 0.15) is 12.8 Å². The van der Waals surface area contributed by atoms with Crippen molar-refractivity contribution in [1.82, 2.24) is 35.0 Å². The third kappa shape index (κ3) is 4.50. The Morgan fingerprint density at radius 2 is 1.86 bits per heavy atom. The summed E-state index contributed by atoms with van der Waals surface area (Å²) in [6.07, 6.45) is 7.76. The standard InChI is InChI=1S/C26H24FN7O/c27-19-5-3-17(4-6-19)24-25-21(7-8-29-24)30-26(31-25)23-14-22(32-33-23)18-13-20(16-28-15-18)35-12-11-34-9-1-2-10-34/h3-8,13-16H,1-2,9-12H2,(H,30,31)(H,32,33). The molecule has 4 aromatic heterocycles. The minimum atomic E-state index is -0.289. The Morgan fingerprint density at radius 3 is 2.71 bits per heavy atom. The average Bonchev–Trinajstić information content (AvgIpc) is 3.65. The van der Waals surface area contributed by atoms with E-state index in [0.717, 1.165) is 47.7 Å². The maximum Gasteiger partial charge on any atom is 0.159 e. The number of halogens is 1. The number of rotatable bonds is 7. The summed E-state index contributed by atoms with van der Waals surface area (Å²) in [5, 5.41) is 7.53. The van der Waals surface area contributed by atoms with E-state index in [0.29, 0.717) is 29.3 Å². The van der Waals surface area contributed by atoms with Crippen molar-refractivity contribution in [2.24, 2.45) is 0 Å². The normalized spacial score (nSPS) is 14.1. The van der Waals surface area contributed by atoms with E-state index >= 15 is 0 Å². The summed E-state index contributed by atoms with van der Waals surface area (Å²) in [5.74, 6) is 1.06. The Morgan fingerprint density at radius 1 is 1.00 bits per heavy atom. The van der Waals surface area contributed by atoms with Gasteiger partial charge in [0.05, 0.1) is 23.1 Å². The molecule has 0 radical (unpaired) electrons. The minimum Gasteiger partial charge on any atom is -0.491 e. The Kier molecular flexibility index (Phi) is 5.67. The number of benzene rings is 1. The van der Waals surface area contributed by atoms with Gasteiger partial charge in [0, 0.05) is 30.1 Å². The molecule has 0 aliphatic carbocycles. The molecule has 8 nitrogen and oxygen atoms in total. The second-order valence-corrected chi connectivity index (χ2v) is 8.62. The molecule has 0 unspecified atom stereocenters. The maximum absolute atomic E-state index is 13.4. The summed E-state index contributed by atoms with van der Waals surface area (Å²) in [6.45, 7) is 3.88. The first-order chi connectivity index (χ1) is 17.2. The van der Waals surface area contributed by atoms with E-state index in [1.807, 2.05) is 18.2 Å². The molecule has 9 heteroatoms. The van der Waals surface area contributed by atoms with Gasteiger partial charge in [0.15, 0.2) is 5.82 Å². The van der Waals surface area contributed by atoms with E-state index in [4.69, 9.17) is 9.72 Å². The molecule has 1 aliphatic heterocycles. The van der Waals surface area contributed by atoms with Crippen LogP contribution in [0.5, 0.6) is 5.75 Å². The number of imidazole rings is 1. The Bertz CT molecular complexity index is 1450. The van der Waals surface area contributed by atoms with Gasteiger partial charge in [-0.25, -0.2) is 9.37 Å². The maximum atomic E-state index is 13.4. The largest absolute Gasteiger partial charge is 0.491 e. The van der Waals surface area contributed by atoms with Gasteiger partial charge in [-0.1, -0.05) is 0 Å². The van der Waals surface area contributed by atoms with Gasteiger partial charge in [-0.3, -0.25) is 20.0 Å². The minimum absolute atomic E-state index is 0.289. The number of fused-ring (bicyclic) bond motifs is 1. The predicted molar refractivity (Wildman–Crippen MR) is 131 cm³/mol. The zero-order chi connectivity index (χ0) is 23.6. The van der Waals surface area contributed by atoms with Gasteiger partial charge >= 0.3 is 0 Å². The number of H-pyrrole nitrogens is 2. The van der Waals surface area contributed by atoms with Crippen molar-refractivity contribution >= 4 is 11.0 Å².